The lowest BCUT2D eigenvalue weighted by atomic mass is 10.1. The third-order valence-electron chi connectivity index (χ3n) is 2.28. The van der Waals surface area contributed by atoms with Crippen LogP contribution in [0.25, 0.3) is 0 Å². The quantitative estimate of drug-likeness (QED) is 0.661. The monoisotopic (exact) mass is 212 g/mol. The zero-order chi connectivity index (χ0) is 10.2. The van der Waals surface area contributed by atoms with E-state index in [4.69, 9.17) is 4.74 Å². The molecule has 1 aromatic heterocycles. The van der Waals surface area contributed by atoms with Gasteiger partial charge in [0.15, 0.2) is 0 Å². The van der Waals surface area contributed by atoms with E-state index in [9.17, 15) is 0 Å². The van der Waals surface area contributed by atoms with Gasteiger partial charge in [-0.3, -0.25) is 0 Å². The highest BCUT2D eigenvalue weighted by atomic mass is 32.1. The lowest BCUT2D eigenvalue weighted by Crippen LogP contribution is -2.05. The standard InChI is InChI=1S/C12H20OS/c1-3-4-6-11(2)9-13-10-12-7-5-8-14-12/h5,7-8,11H,3-4,6,9-10H2,1-2H3/t11-/m1/s1. The van der Waals surface area contributed by atoms with Crippen molar-refractivity contribution in [3.05, 3.63) is 22.4 Å². The van der Waals surface area contributed by atoms with Crippen LogP contribution in [-0.2, 0) is 11.3 Å². The molecule has 0 unspecified atom stereocenters. The van der Waals surface area contributed by atoms with Crippen molar-refractivity contribution in [3.63, 3.8) is 0 Å². The summed E-state index contributed by atoms with van der Waals surface area (Å²) in [7, 11) is 0. The summed E-state index contributed by atoms with van der Waals surface area (Å²) in [4.78, 5) is 1.33. The molecule has 0 amide bonds. The first kappa shape index (κ1) is 11.7. The Hall–Kier alpha value is -0.340. The van der Waals surface area contributed by atoms with E-state index in [0.29, 0.717) is 5.92 Å². The summed E-state index contributed by atoms with van der Waals surface area (Å²) in [5.41, 5.74) is 0. The van der Waals surface area contributed by atoms with Crippen molar-refractivity contribution in [1.82, 2.24) is 0 Å². The summed E-state index contributed by atoms with van der Waals surface area (Å²) >= 11 is 1.77. The smallest absolute Gasteiger partial charge is 0.0809 e. The minimum absolute atomic E-state index is 0.704. The molecule has 0 saturated heterocycles. The molecule has 1 atom stereocenters. The fourth-order valence-corrected chi connectivity index (χ4v) is 2.03. The van der Waals surface area contributed by atoms with Crippen LogP contribution in [0.2, 0.25) is 0 Å². The van der Waals surface area contributed by atoms with Gasteiger partial charge in [-0.2, -0.15) is 0 Å². The number of rotatable bonds is 7. The van der Waals surface area contributed by atoms with Crippen LogP contribution in [0.3, 0.4) is 0 Å². The number of hydrogen-bond donors (Lipinski definition) is 0. The molecule has 0 radical (unpaired) electrons. The number of unbranched alkanes of at least 4 members (excludes halogenated alkanes) is 1. The third-order valence-corrected chi connectivity index (χ3v) is 3.13. The highest BCUT2D eigenvalue weighted by molar-refractivity contribution is 7.09. The van der Waals surface area contributed by atoms with Crippen LogP contribution in [0, 0.1) is 5.92 Å². The molecular weight excluding hydrogens is 192 g/mol. The number of ether oxygens (including phenoxy) is 1. The lowest BCUT2D eigenvalue weighted by Gasteiger charge is -2.10. The van der Waals surface area contributed by atoms with Gasteiger partial charge < -0.3 is 4.74 Å². The summed E-state index contributed by atoms with van der Waals surface area (Å²) in [6.45, 7) is 6.19. The Morgan fingerprint density at radius 3 is 3.00 bits per heavy atom. The molecule has 80 valence electrons. The molecule has 2 heteroatoms. The summed E-state index contributed by atoms with van der Waals surface area (Å²) < 4.78 is 5.65. The van der Waals surface area contributed by atoms with Gasteiger partial charge in [0.1, 0.15) is 0 Å². The van der Waals surface area contributed by atoms with Crippen molar-refractivity contribution >= 4 is 11.3 Å². The molecule has 1 nitrogen and oxygen atoms in total. The van der Waals surface area contributed by atoms with Crippen LogP contribution in [0.15, 0.2) is 17.5 Å². The van der Waals surface area contributed by atoms with Crippen LogP contribution in [0.1, 0.15) is 38.0 Å². The summed E-state index contributed by atoms with van der Waals surface area (Å²) in [6.07, 6.45) is 3.90. The van der Waals surface area contributed by atoms with Gasteiger partial charge in [0, 0.05) is 11.5 Å². The minimum atomic E-state index is 0.704. The van der Waals surface area contributed by atoms with E-state index in [2.05, 4.69) is 31.4 Å². The molecule has 0 fully saturated rings. The zero-order valence-corrected chi connectivity index (χ0v) is 9.98. The molecule has 0 aliphatic rings. The first-order valence-corrected chi connectivity index (χ1v) is 6.31. The SMILES string of the molecule is CCCC[C@@H](C)COCc1cccs1. The summed E-state index contributed by atoms with van der Waals surface area (Å²) in [5.74, 6) is 0.704. The second-order valence-corrected chi connectivity index (χ2v) is 4.87. The molecule has 0 aromatic carbocycles. The van der Waals surface area contributed by atoms with Gasteiger partial charge in [-0.25, -0.2) is 0 Å². The van der Waals surface area contributed by atoms with Crippen LogP contribution < -0.4 is 0 Å². The zero-order valence-electron chi connectivity index (χ0n) is 9.16. The Bertz CT molecular complexity index is 218. The Labute approximate surface area is 91.1 Å². The average Bonchev–Trinajstić information content (AvgIpc) is 2.67. The van der Waals surface area contributed by atoms with Gasteiger partial charge in [0.05, 0.1) is 6.61 Å². The Morgan fingerprint density at radius 2 is 2.36 bits per heavy atom. The maximum Gasteiger partial charge on any atom is 0.0809 e. The summed E-state index contributed by atoms with van der Waals surface area (Å²) in [6, 6.07) is 4.20. The molecule has 1 rings (SSSR count). The van der Waals surface area contributed by atoms with E-state index in [0.717, 1.165) is 13.2 Å². The molecule has 0 aliphatic heterocycles. The maximum atomic E-state index is 5.65. The van der Waals surface area contributed by atoms with Gasteiger partial charge in [-0.1, -0.05) is 32.8 Å². The van der Waals surface area contributed by atoms with Crippen molar-refractivity contribution in [1.29, 1.82) is 0 Å². The first-order valence-electron chi connectivity index (χ1n) is 5.43. The van der Waals surface area contributed by atoms with Crippen molar-refractivity contribution in [2.45, 2.75) is 39.7 Å². The topological polar surface area (TPSA) is 9.23 Å². The third kappa shape index (κ3) is 4.77. The van der Waals surface area contributed by atoms with E-state index in [1.165, 1.54) is 24.1 Å². The highest BCUT2D eigenvalue weighted by Crippen LogP contribution is 2.12. The number of hydrogen-bond acceptors (Lipinski definition) is 2. The Balaban J connectivity index is 2.03. The maximum absolute atomic E-state index is 5.65. The predicted molar refractivity (Wildman–Crippen MR) is 62.7 cm³/mol. The van der Waals surface area contributed by atoms with Gasteiger partial charge in [0.2, 0.25) is 0 Å². The Kier molecular flexibility index (Phi) is 5.88. The van der Waals surface area contributed by atoms with E-state index < -0.39 is 0 Å². The Morgan fingerprint density at radius 1 is 1.50 bits per heavy atom. The van der Waals surface area contributed by atoms with Crippen LogP contribution in [0.4, 0.5) is 0 Å². The van der Waals surface area contributed by atoms with E-state index in [1.54, 1.807) is 11.3 Å². The minimum Gasteiger partial charge on any atom is -0.376 e. The van der Waals surface area contributed by atoms with E-state index in [-0.39, 0.29) is 0 Å². The molecule has 0 spiro atoms. The molecule has 0 N–H and O–H groups in total. The molecular formula is C12H20OS. The van der Waals surface area contributed by atoms with Crippen molar-refractivity contribution in [2.75, 3.05) is 6.61 Å². The van der Waals surface area contributed by atoms with Gasteiger partial charge in [-0.15, -0.1) is 11.3 Å². The largest absolute Gasteiger partial charge is 0.376 e. The van der Waals surface area contributed by atoms with Crippen molar-refractivity contribution < 1.29 is 4.74 Å². The highest BCUT2D eigenvalue weighted by Gasteiger charge is 2.01. The van der Waals surface area contributed by atoms with Gasteiger partial charge >= 0.3 is 0 Å². The van der Waals surface area contributed by atoms with Crippen LogP contribution in [-0.4, -0.2) is 6.61 Å². The molecule has 14 heavy (non-hydrogen) atoms. The van der Waals surface area contributed by atoms with Gasteiger partial charge in [0.25, 0.3) is 0 Å². The van der Waals surface area contributed by atoms with E-state index >= 15 is 0 Å². The van der Waals surface area contributed by atoms with E-state index in [1.807, 2.05) is 0 Å². The second-order valence-electron chi connectivity index (χ2n) is 3.84. The first-order chi connectivity index (χ1) is 6.83. The molecule has 1 heterocycles. The normalized spacial score (nSPS) is 13.0. The summed E-state index contributed by atoms with van der Waals surface area (Å²) in [5, 5.41) is 2.10. The lowest BCUT2D eigenvalue weighted by molar-refractivity contribution is 0.0906. The predicted octanol–water partition coefficient (Wildman–Crippen LogP) is 4.09. The fourth-order valence-electron chi connectivity index (χ4n) is 1.39. The fraction of sp³-hybridized carbons (Fsp3) is 0.667. The number of thiophene rings is 1. The molecule has 0 aliphatic carbocycles. The van der Waals surface area contributed by atoms with Crippen LogP contribution in [0.5, 0.6) is 0 Å². The molecule has 0 bridgehead atoms. The van der Waals surface area contributed by atoms with Gasteiger partial charge in [-0.05, 0) is 23.8 Å². The van der Waals surface area contributed by atoms with Crippen molar-refractivity contribution in [2.24, 2.45) is 5.92 Å². The van der Waals surface area contributed by atoms with Crippen LogP contribution >= 0.6 is 11.3 Å². The second kappa shape index (κ2) is 7.02. The molecule has 0 saturated carbocycles. The molecule has 1 aromatic rings. The van der Waals surface area contributed by atoms with Crippen molar-refractivity contribution in [3.8, 4) is 0 Å². The average molecular weight is 212 g/mol.